The molecule has 0 unspecified atom stereocenters. The average molecular weight is 407 g/mol. The summed E-state index contributed by atoms with van der Waals surface area (Å²) < 4.78 is 24.2. The monoisotopic (exact) mass is 406 g/mol. The van der Waals surface area contributed by atoms with Gasteiger partial charge in [-0.2, -0.15) is 4.98 Å². The second-order valence-corrected chi connectivity index (χ2v) is 6.56. The van der Waals surface area contributed by atoms with Crippen LogP contribution < -0.4 is 15.0 Å². The Labute approximate surface area is 169 Å². The number of piperazine rings is 1. The number of aromatic nitrogens is 1. The maximum absolute atomic E-state index is 13.2. The number of benzene rings is 2. The normalized spacial score (nSPS) is 14.7. The summed E-state index contributed by atoms with van der Waals surface area (Å²) >= 11 is 0. The number of ether oxygens (including phenoxy) is 1. The largest absolute Gasteiger partial charge is 0.495 e. The summed E-state index contributed by atoms with van der Waals surface area (Å²) in [6, 6.07) is 12.9. The molecule has 3 aromatic rings. The summed E-state index contributed by atoms with van der Waals surface area (Å²) in [6.45, 7) is 5.51. The van der Waals surface area contributed by atoms with Gasteiger partial charge in [0, 0.05) is 45.3 Å². The van der Waals surface area contributed by atoms with Crippen LogP contribution in [0.4, 0.5) is 16.1 Å². The van der Waals surface area contributed by atoms with Gasteiger partial charge in [-0.25, -0.2) is 4.39 Å². The number of nitrogens with one attached hydrogen (secondary N) is 1. The van der Waals surface area contributed by atoms with Crippen molar-refractivity contribution < 1.29 is 13.5 Å². The van der Waals surface area contributed by atoms with Gasteiger partial charge in [-0.3, -0.25) is 4.90 Å². The van der Waals surface area contributed by atoms with Crippen LogP contribution in [0.2, 0.25) is 0 Å². The Hall–Kier alpha value is -2.51. The first-order valence-electron chi connectivity index (χ1n) is 9.13. The van der Waals surface area contributed by atoms with Crippen LogP contribution in [0.25, 0.3) is 11.1 Å². The lowest BCUT2D eigenvalue weighted by Gasteiger charge is -2.36. The van der Waals surface area contributed by atoms with E-state index in [1.165, 1.54) is 12.1 Å². The third-order valence-corrected chi connectivity index (χ3v) is 4.85. The third kappa shape index (κ3) is 4.48. The number of nitrogens with zero attached hydrogens (tertiary/aromatic N) is 3. The van der Waals surface area contributed by atoms with Crippen LogP contribution in [-0.2, 0) is 0 Å². The van der Waals surface area contributed by atoms with Crippen LogP contribution in [0.1, 0.15) is 0 Å². The molecule has 8 heteroatoms. The molecule has 0 bridgehead atoms. The lowest BCUT2D eigenvalue weighted by Crippen LogP contribution is -2.47. The summed E-state index contributed by atoms with van der Waals surface area (Å²) in [5.74, 6) is 0.595. The lowest BCUT2D eigenvalue weighted by molar-refractivity contribution is 0.266. The molecule has 0 saturated carbocycles. The first-order valence-corrected chi connectivity index (χ1v) is 9.13. The number of oxazole rings is 1. The van der Waals surface area contributed by atoms with Crippen LogP contribution >= 0.6 is 12.4 Å². The second kappa shape index (κ2) is 9.12. The molecule has 1 aromatic heterocycles. The predicted molar refractivity (Wildman–Crippen MR) is 111 cm³/mol. The second-order valence-electron chi connectivity index (χ2n) is 6.56. The maximum atomic E-state index is 13.2. The zero-order valence-electron chi connectivity index (χ0n) is 15.7. The van der Waals surface area contributed by atoms with Gasteiger partial charge in [-0.15, -0.1) is 12.4 Å². The van der Waals surface area contributed by atoms with Gasteiger partial charge in [-0.1, -0.05) is 12.1 Å². The molecule has 0 amide bonds. The molecule has 150 valence electrons. The quantitative estimate of drug-likeness (QED) is 0.674. The topological polar surface area (TPSA) is 53.8 Å². The predicted octanol–water partition coefficient (Wildman–Crippen LogP) is 3.63. The Bertz CT molecular complexity index is 912. The Morgan fingerprint density at radius 2 is 1.93 bits per heavy atom. The molecule has 1 saturated heterocycles. The third-order valence-electron chi connectivity index (χ3n) is 4.85. The highest BCUT2D eigenvalue weighted by molar-refractivity contribution is 5.85. The van der Waals surface area contributed by atoms with Crippen molar-refractivity contribution in [1.82, 2.24) is 9.88 Å². The van der Waals surface area contributed by atoms with Gasteiger partial charge >= 0.3 is 0 Å². The minimum Gasteiger partial charge on any atom is -0.495 e. The zero-order valence-corrected chi connectivity index (χ0v) is 16.5. The molecule has 1 fully saturated rings. The van der Waals surface area contributed by atoms with E-state index in [9.17, 15) is 4.39 Å². The number of halogens is 2. The number of fused-ring (bicyclic) bond motifs is 1. The van der Waals surface area contributed by atoms with Gasteiger partial charge in [-0.05, 0) is 24.3 Å². The van der Waals surface area contributed by atoms with E-state index < -0.39 is 0 Å². The van der Waals surface area contributed by atoms with Gasteiger partial charge in [0.25, 0.3) is 6.01 Å². The van der Waals surface area contributed by atoms with E-state index in [2.05, 4.69) is 26.2 Å². The molecule has 4 rings (SSSR count). The summed E-state index contributed by atoms with van der Waals surface area (Å²) in [4.78, 5) is 9.09. The number of hydrogen-bond acceptors (Lipinski definition) is 6. The van der Waals surface area contributed by atoms with E-state index in [4.69, 9.17) is 9.15 Å². The molecule has 2 heterocycles. The molecule has 2 aromatic carbocycles. The van der Waals surface area contributed by atoms with Crippen molar-refractivity contribution in [2.75, 3.05) is 56.6 Å². The van der Waals surface area contributed by atoms with Gasteiger partial charge < -0.3 is 19.4 Å². The fourth-order valence-electron chi connectivity index (χ4n) is 3.40. The highest BCUT2D eigenvalue weighted by atomic mass is 35.5. The minimum absolute atomic E-state index is 0. The molecule has 0 atom stereocenters. The van der Waals surface area contributed by atoms with Crippen molar-refractivity contribution >= 4 is 35.2 Å². The summed E-state index contributed by atoms with van der Waals surface area (Å²) in [7, 11) is 1.71. The van der Waals surface area contributed by atoms with Gasteiger partial charge in [0.05, 0.1) is 12.8 Å². The highest BCUT2D eigenvalue weighted by Gasteiger charge is 2.19. The smallest absolute Gasteiger partial charge is 0.295 e. The minimum atomic E-state index is -0.321. The number of methoxy groups -OCH3 is 1. The van der Waals surface area contributed by atoms with Crippen molar-refractivity contribution in [3.63, 3.8) is 0 Å². The summed E-state index contributed by atoms with van der Waals surface area (Å²) in [6.07, 6.45) is 0. The number of hydrogen-bond donors (Lipinski definition) is 1. The first kappa shape index (κ1) is 20.2. The molecular formula is C20H24ClFN4O2. The van der Waals surface area contributed by atoms with E-state index in [0.29, 0.717) is 17.1 Å². The number of para-hydroxylation sites is 2. The molecule has 0 radical (unpaired) electrons. The molecule has 1 aliphatic rings. The fraction of sp³-hybridized carbons (Fsp3) is 0.350. The van der Waals surface area contributed by atoms with E-state index in [0.717, 1.165) is 50.7 Å². The standard InChI is InChI=1S/C20H23FN4O2.ClH/c1-26-18-5-3-2-4-17(18)25-12-10-24(11-13-25)9-8-22-20-23-16-7-6-15(21)14-19(16)27-20;/h2-7,14H,8-13H2,1H3,(H,22,23);1H. The molecule has 28 heavy (non-hydrogen) atoms. The van der Waals surface area contributed by atoms with Crippen LogP contribution in [0.15, 0.2) is 46.9 Å². The van der Waals surface area contributed by atoms with Crippen molar-refractivity contribution in [3.8, 4) is 5.75 Å². The van der Waals surface area contributed by atoms with Crippen LogP contribution in [0.5, 0.6) is 5.75 Å². The van der Waals surface area contributed by atoms with Crippen molar-refractivity contribution in [2.45, 2.75) is 0 Å². The van der Waals surface area contributed by atoms with Crippen LogP contribution in [0.3, 0.4) is 0 Å². The van der Waals surface area contributed by atoms with Gasteiger partial charge in [0.1, 0.15) is 17.1 Å². The summed E-state index contributed by atoms with van der Waals surface area (Å²) in [5, 5.41) is 3.19. The Morgan fingerprint density at radius 1 is 1.14 bits per heavy atom. The van der Waals surface area contributed by atoms with Gasteiger partial charge in [0.2, 0.25) is 0 Å². The fourth-order valence-corrected chi connectivity index (χ4v) is 3.40. The van der Waals surface area contributed by atoms with E-state index in [1.54, 1.807) is 13.2 Å². The zero-order chi connectivity index (χ0) is 18.6. The van der Waals surface area contributed by atoms with Crippen molar-refractivity contribution in [2.24, 2.45) is 0 Å². The Morgan fingerprint density at radius 3 is 2.71 bits per heavy atom. The lowest BCUT2D eigenvalue weighted by atomic mass is 10.2. The number of anilines is 2. The highest BCUT2D eigenvalue weighted by Crippen LogP contribution is 2.28. The van der Waals surface area contributed by atoms with Crippen LogP contribution in [-0.4, -0.2) is 56.3 Å². The van der Waals surface area contributed by atoms with E-state index in [1.807, 2.05) is 18.2 Å². The van der Waals surface area contributed by atoms with Crippen molar-refractivity contribution in [3.05, 3.63) is 48.3 Å². The van der Waals surface area contributed by atoms with Crippen molar-refractivity contribution in [1.29, 1.82) is 0 Å². The van der Waals surface area contributed by atoms with Gasteiger partial charge in [0.15, 0.2) is 5.58 Å². The first-order chi connectivity index (χ1) is 13.2. The average Bonchev–Trinajstić information content (AvgIpc) is 3.10. The molecular weight excluding hydrogens is 383 g/mol. The SMILES string of the molecule is COc1ccccc1N1CCN(CCNc2nc3ccc(F)cc3o2)CC1.Cl. The summed E-state index contributed by atoms with van der Waals surface area (Å²) in [5.41, 5.74) is 2.27. The van der Waals surface area contributed by atoms with E-state index >= 15 is 0 Å². The Balaban J connectivity index is 0.00000225. The maximum Gasteiger partial charge on any atom is 0.295 e. The van der Waals surface area contributed by atoms with E-state index in [-0.39, 0.29) is 18.2 Å². The number of rotatable bonds is 6. The Kier molecular flexibility index (Phi) is 6.59. The molecule has 0 aliphatic carbocycles. The molecule has 0 spiro atoms. The molecule has 6 nitrogen and oxygen atoms in total. The molecule has 1 aliphatic heterocycles. The van der Waals surface area contributed by atoms with Crippen LogP contribution in [0, 0.1) is 5.82 Å². The molecule has 1 N–H and O–H groups in total.